The van der Waals surface area contributed by atoms with Gasteiger partial charge in [-0.1, -0.05) is 62.4 Å². The summed E-state index contributed by atoms with van der Waals surface area (Å²) in [4.78, 5) is 1.18. The molecule has 2 rings (SSSR count). The molecule has 0 unspecified atom stereocenters. The van der Waals surface area contributed by atoms with E-state index in [1.807, 2.05) is 38.1 Å². The second-order valence-electron chi connectivity index (χ2n) is 7.21. The summed E-state index contributed by atoms with van der Waals surface area (Å²) in [6, 6.07) is 16.1. The largest absolute Gasteiger partial charge is 0.390 e. The Morgan fingerprint density at radius 2 is 1.62 bits per heavy atom. The van der Waals surface area contributed by atoms with Crippen LogP contribution in [0.1, 0.15) is 38.8 Å². The predicted octanol–water partition coefficient (Wildman–Crippen LogP) is 6.29. The molecule has 128 valence electrons. The highest BCUT2D eigenvalue weighted by atomic mass is 35.5. The van der Waals surface area contributed by atoms with Gasteiger partial charge in [0.25, 0.3) is 0 Å². The first-order valence-electron chi connectivity index (χ1n) is 8.01. The highest BCUT2D eigenvalue weighted by Gasteiger charge is 2.34. The molecule has 0 saturated heterocycles. The highest BCUT2D eigenvalue weighted by Crippen LogP contribution is 2.37. The fourth-order valence-electron chi connectivity index (χ4n) is 2.05. The fraction of sp³-hybridized carbons (Fsp3) is 0.333. The van der Waals surface area contributed by atoms with E-state index in [9.17, 15) is 5.11 Å². The number of hydrogen-bond acceptors (Lipinski definition) is 2. The van der Waals surface area contributed by atoms with E-state index in [-0.39, 0.29) is 5.41 Å². The Hall–Kier alpha value is -1.22. The van der Waals surface area contributed by atoms with E-state index >= 15 is 0 Å². The van der Waals surface area contributed by atoms with Crippen molar-refractivity contribution in [2.75, 3.05) is 5.75 Å². The first-order valence-corrected chi connectivity index (χ1v) is 9.37. The maximum Gasteiger partial charge on any atom is 0.0650 e. The van der Waals surface area contributed by atoms with Crippen LogP contribution in [0.25, 0.3) is 5.57 Å². The van der Waals surface area contributed by atoms with E-state index in [1.54, 1.807) is 11.8 Å². The first kappa shape index (κ1) is 19.1. The summed E-state index contributed by atoms with van der Waals surface area (Å²) in [5, 5.41) is 11.0. The average molecular weight is 361 g/mol. The van der Waals surface area contributed by atoms with Crippen LogP contribution >= 0.6 is 23.4 Å². The zero-order valence-corrected chi connectivity index (χ0v) is 16.3. The van der Waals surface area contributed by atoms with Gasteiger partial charge < -0.3 is 5.11 Å². The molecule has 0 saturated carbocycles. The summed E-state index contributed by atoms with van der Waals surface area (Å²) < 4.78 is 0. The molecular weight excluding hydrogens is 336 g/mol. The van der Waals surface area contributed by atoms with E-state index in [1.165, 1.54) is 4.90 Å². The highest BCUT2D eigenvalue weighted by molar-refractivity contribution is 7.99. The predicted molar refractivity (Wildman–Crippen MR) is 107 cm³/mol. The maximum atomic E-state index is 10.3. The first-order chi connectivity index (χ1) is 11.1. The van der Waals surface area contributed by atoms with Crippen LogP contribution in [0.5, 0.6) is 0 Å². The van der Waals surface area contributed by atoms with Gasteiger partial charge in [0.15, 0.2) is 0 Å². The maximum absolute atomic E-state index is 10.3. The van der Waals surface area contributed by atoms with Crippen molar-refractivity contribution in [1.29, 1.82) is 0 Å². The van der Waals surface area contributed by atoms with E-state index < -0.39 is 5.60 Å². The number of rotatable bonds is 6. The fourth-order valence-corrected chi connectivity index (χ4v) is 3.51. The molecule has 0 bridgehead atoms. The molecule has 0 spiro atoms. The van der Waals surface area contributed by atoms with Crippen LogP contribution in [0.2, 0.25) is 5.02 Å². The molecule has 0 aliphatic heterocycles. The van der Waals surface area contributed by atoms with Crippen molar-refractivity contribution in [3.05, 3.63) is 71.3 Å². The Kier molecular flexibility index (Phi) is 5.85. The van der Waals surface area contributed by atoms with Crippen LogP contribution in [0, 0.1) is 5.41 Å². The average Bonchev–Trinajstić information content (AvgIpc) is 2.52. The third-order valence-corrected chi connectivity index (χ3v) is 6.46. The molecule has 0 heterocycles. The zero-order chi connectivity index (χ0) is 18.0. The van der Waals surface area contributed by atoms with Crippen LogP contribution in [0.4, 0.5) is 0 Å². The van der Waals surface area contributed by atoms with Gasteiger partial charge in [-0.25, -0.2) is 0 Å². The van der Waals surface area contributed by atoms with Crippen molar-refractivity contribution >= 4 is 28.9 Å². The summed E-state index contributed by atoms with van der Waals surface area (Å²) in [5.74, 6) is 0.849. The van der Waals surface area contributed by atoms with Crippen LogP contribution in [0.15, 0.2) is 60.0 Å². The van der Waals surface area contributed by atoms with Crippen molar-refractivity contribution in [2.45, 2.75) is 38.2 Å². The standard InChI is InChI=1S/C21H25ClOS/c1-15(18-8-6-7-9-19(18)22)16-10-12-17(13-11-16)24-14-20(2,3)21(4,5)23/h6-13,23H,1,14H2,2-5H3. The van der Waals surface area contributed by atoms with E-state index in [2.05, 4.69) is 44.7 Å². The molecule has 0 radical (unpaired) electrons. The van der Waals surface area contributed by atoms with Crippen molar-refractivity contribution in [3.63, 3.8) is 0 Å². The molecule has 1 N–H and O–H groups in total. The second-order valence-corrected chi connectivity index (χ2v) is 8.67. The minimum Gasteiger partial charge on any atom is -0.390 e. The van der Waals surface area contributed by atoms with Gasteiger partial charge in [0, 0.05) is 26.6 Å². The molecule has 24 heavy (non-hydrogen) atoms. The molecule has 0 fully saturated rings. The SMILES string of the molecule is C=C(c1ccc(SCC(C)(C)C(C)(C)O)cc1)c1ccccc1Cl. The normalized spacial score (nSPS) is 12.2. The van der Waals surface area contributed by atoms with E-state index in [0.717, 1.165) is 22.5 Å². The lowest BCUT2D eigenvalue weighted by Crippen LogP contribution is -2.40. The molecule has 0 amide bonds. The number of benzene rings is 2. The summed E-state index contributed by atoms with van der Waals surface area (Å²) in [6.07, 6.45) is 0. The monoisotopic (exact) mass is 360 g/mol. The Bertz CT molecular complexity index is 711. The molecule has 0 aliphatic carbocycles. The third kappa shape index (κ3) is 4.44. The lowest BCUT2D eigenvalue weighted by molar-refractivity contribution is -0.0210. The van der Waals surface area contributed by atoms with Gasteiger partial charge in [-0.3, -0.25) is 0 Å². The lowest BCUT2D eigenvalue weighted by Gasteiger charge is -2.37. The van der Waals surface area contributed by atoms with Crippen LogP contribution < -0.4 is 0 Å². The summed E-state index contributed by atoms with van der Waals surface area (Å²) in [7, 11) is 0. The molecule has 1 nitrogen and oxygen atoms in total. The van der Waals surface area contributed by atoms with E-state index in [4.69, 9.17) is 11.6 Å². The molecule has 0 aliphatic rings. The van der Waals surface area contributed by atoms with Crippen molar-refractivity contribution < 1.29 is 5.11 Å². The number of halogens is 1. The third-order valence-electron chi connectivity index (χ3n) is 4.66. The van der Waals surface area contributed by atoms with E-state index in [0.29, 0.717) is 5.02 Å². The quantitative estimate of drug-likeness (QED) is 0.611. The minimum atomic E-state index is -0.710. The number of aliphatic hydroxyl groups is 1. The summed E-state index contributed by atoms with van der Waals surface area (Å²) in [6.45, 7) is 12.1. The Morgan fingerprint density at radius 3 is 2.17 bits per heavy atom. The lowest BCUT2D eigenvalue weighted by atomic mass is 9.79. The van der Waals surface area contributed by atoms with Crippen molar-refractivity contribution in [2.24, 2.45) is 5.41 Å². The number of thioether (sulfide) groups is 1. The molecule has 2 aromatic carbocycles. The topological polar surface area (TPSA) is 20.2 Å². The van der Waals surface area contributed by atoms with Crippen molar-refractivity contribution in [1.82, 2.24) is 0 Å². The smallest absolute Gasteiger partial charge is 0.0650 e. The molecular formula is C21H25ClOS. The van der Waals surface area contributed by atoms with Gasteiger partial charge in [-0.15, -0.1) is 11.8 Å². The van der Waals surface area contributed by atoms with Crippen LogP contribution in [-0.4, -0.2) is 16.5 Å². The Labute approximate surface area is 154 Å². The summed E-state index contributed by atoms with van der Waals surface area (Å²) in [5.41, 5.74) is 2.07. The Balaban J connectivity index is 2.09. The molecule has 0 atom stereocenters. The summed E-state index contributed by atoms with van der Waals surface area (Å²) >= 11 is 8.01. The van der Waals surface area contributed by atoms with Gasteiger partial charge in [-0.05, 0) is 43.2 Å². The molecule has 0 aromatic heterocycles. The Morgan fingerprint density at radius 1 is 1.04 bits per heavy atom. The van der Waals surface area contributed by atoms with Crippen LogP contribution in [0.3, 0.4) is 0 Å². The van der Waals surface area contributed by atoms with Crippen molar-refractivity contribution in [3.8, 4) is 0 Å². The van der Waals surface area contributed by atoms with Gasteiger partial charge >= 0.3 is 0 Å². The zero-order valence-electron chi connectivity index (χ0n) is 14.8. The number of hydrogen-bond donors (Lipinski definition) is 1. The van der Waals surface area contributed by atoms with Gasteiger partial charge in [-0.2, -0.15) is 0 Å². The minimum absolute atomic E-state index is 0.169. The molecule has 3 heteroatoms. The van der Waals surface area contributed by atoms with Gasteiger partial charge in [0.2, 0.25) is 0 Å². The second kappa shape index (κ2) is 7.35. The van der Waals surface area contributed by atoms with Gasteiger partial charge in [0.1, 0.15) is 0 Å². The van der Waals surface area contributed by atoms with Crippen LogP contribution in [-0.2, 0) is 0 Å². The molecule has 2 aromatic rings. The van der Waals surface area contributed by atoms with Gasteiger partial charge in [0.05, 0.1) is 5.60 Å².